The fraction of sp³-hybridized carbons (Fsp3) is 0.222. The Morgan fingerprint density at radius 3 is 2.08 bits per heavy atom. The zero-order valence-corrected chi connectivity index (χ0v) is 7.95. The average molecular weight is 184 g/mol. The third-order valence-electron chi connectivity index (χ3n) is 0.801. The molecule has 0 aromatic carbocycles. The number of nitrogens with two attached hydrogens (primary N) is 2. The van der Waals surface area contributed by atoms with Gasteiger partial charge in [-0.3, -0.25) is 4.79 Å². The van der Waals surface area contributed by atoms with Gasteiger partial charge in [0, 0.05) is 6.92 Å². The van der Waals surface area contributed by atoms with E-state index in [9.17, 15) is 4.79 Å². The molecule has 0 aliphatic heterocycles. The Morgan fingerprint density at radius 1 is 1.46 bits per heavy atom. The molecular weight excluding hydrogens is 168 g/mol. The van der Waals surface area contributed by atoms with E-state index in [1.54, 1.807) is 12.2 Å². The van der Waals surface area contributed by atoms with Crippen LogP contribution in [0.1, 0.15) is 13.8 Å². The van der Waals surface area contributed by atoms with Crippen LogP contribution in [0.2, 0.25) is 0 Å². The van der Waals surface area contributed by atoms with Gasteiger partial charge < -0.3 is 16.6 Å². The third kappa shape index (κ3) is 17.9. The largest absolute Gasteiger partial charge is 0.506 e. The molecule has 74 valence electrons. The second kappa shape index (κ2) is 8.39. The normalized spacial score (nSPS) is 10.5. The van der Waals surface area contributed by atoms with Gasteiger partial charge in [-0.2, -0.15) is 0 Å². The number of hydrogen-bond acceptors (Lipinski definition) is 3. The van der Waals surface area contributed by atoms with Crippen LogP contribution in [-0.2, 0) is 4.79 Å². The predicted octanol–water partition coefficient (Wildman–Crippen LogP) is 0.968. The Bertz CT molecular complexity index is 226. The number of hydrogen-bond donors (Lipinski definition) is 3. The number of rotatable bonds is 2. The minimum atomic E-state index is -0.333. The summed E-state index contributed by atoms with van der Waals surface area (Å²) < 4.78 is 0. The summed E-state index contributed by atoms with van der Waals surface area (Å²) in [7, 11) is 0. The van der Waals surface area contributed by atoms with E-state index in [1.165, 1.54) is 6.92 Å². The Balaban J connectivity index is 0. The molecule has 0 atom stereocenters. The molecule has 0 saturated heterocycles. The minimum absolute atomic E-state index is 0.0897. The van der Waals surface area contributed by atoms with Gasteiger partial charge >= 0.3 is 0 Å². The molecule has 0 saturated carbocycles. The zero-order valence-electron chi connectivity index (χ0n) is 7.95. The second-order valence-corrected chi connectivity index (χ2v) is 2.21. The van der Waals surface area contributed by atoms with Crippen molar-refractivity contribution in [1.29, 1.82) is 0 Å². The van der Waals surface area contributed by atoms with Crippen molar-refractivity contribution in [3.8, 4) is 0 Å². The fourth-order valence-electron chi connectivity index (χ4n) is 0.296. The SMILES string of the molecule is C=C(O)/C(N)=C\C=C/C.CC(N)=O. The first kappa shape index (κ1) is 13.9. The Morgan fingerprint density at radius 2 is 1.85 bits per heavy atom. The second-order valence-electron chi connectivity index (χ2n) is 2.21. The van der Waals surface area contributed by atoms with E-state index in [1.807, 2.05) is 13.0 Å². The minimum Gasteiger partial charge on any atom is -0.506 e. The van der Waals surface area contributed by atoms with Crippen LogP contribution >= 0.6 is 0 Å². The maximum atomic E-state index is 9.22. The van der Waals surface area contributed by atoms with E-state index in [0.717, 1.165) is 0 Å². The highest BCUT2D eigenvalue weighted by Gasteiger charge is 1.87. The van der Waals surface area contributed by atoms with Crippen molar-refractivity contribution in [2.75, 3.05) is 0 Å². The summed E-state index contributed by atoms with van der Waals surface area (Å²) in [5.41, 5.74) is 10.0. The number of carbonyl (C=O) groups is 1. The van der Waals surface area contributed by atoms with Gasteiger partial charge in [-0.1, -0.05) is 18.7 Å². The first-order valence-corrected chi connectivity index (χ1v) is 3.64. The monoisotopic (exact) mass is 184 g/mol. The Kier molecular flexibility index (Phi) is 8.94. The standard InChI is InChI=1S/C7H11NO.C2H5NO/c1-3-4-5-7(8)6(2)9;1-2(3)4/h3-5,9H,2,8H2,1H3;1H3,(H2,3,4)/b4-3-,7-5+;. The summed E-state index contributed by atoms with van der Waals surface area (Å²) in [6.07, 6.45) is 5.13. The molecule has 0 aromatic heterocycles. The summed E-state index contributed by atoms with van der Waals surface area (Å²) >= 11 is 0. The average Bonchev–Trinajstić information content (AvgIpc) is 1.98. The zero-order chi connectivity index (χ0) is 10.9. The van der Waals surface area contributed by atoms with E-state index in [-0.39, 0.29) is 11.7 Å². The van der Waals surface area contributed by atoms with Crippen LogP contribution in [-0.4, -0.2) is 11.0 Å². The summed E-state index contributed by atoms with van der Waals surface area (Å²) in [4.78, 5) is 9.22. The quantitative estimate of drug-likeness (QED) is 0.441. The Labute approximate surface area is 78.2 Å². The highest BCUT2D eigenvalue weighted by atomic mass is 16.3. The molecule has 0 unspecified atom stereocenters. The number of allylic oxidation sites excluding steroid dienone is 3. The maximum absolute atomic E-state index is 9.22. The molecule has 4 nitrogen and oxygen atoms in total. The topological polar surface area (TPSA) is 89.3 Å². The van der Waals surface area contributed by atoms with Crippen LogP contribution in [0.4, 0.5) is 0 Å². The van der Waals surface area contributed by atoms with E-state index >= 15 is 0 Å². The summed E-state index contributed by atoms with van der Waals surface area (Å²) in [6.45, 7) is 6.41. The first-order valence-electron chi connectivity index (χ1n) is 3.64. The fourth-order valence-corrected chi connectivity index (χ4v) is 0.296. The first-order chi connectivity index (χ1) is 5.91. The van der Waals surface area contributed by atoms with Gasteiger partial charge in [-0.25, -0.2) is 0 Å². The summed E-state index contributed by atoms with van der Waals surface area (Å²) in [5, 5.41) is 8.63. The number of aliphatic hydroxyl groups excluding tert-OH is 1. The molecular formula is C9H16N2O2. The third-order valence-corrected chi connectivity index (χ3v) is 0.801. The van der Waals surface area contributed by atoms with Gasteiger partial charge in [0.2, 0.25) is 5.91 Å². The highest BCUT2D eigenvalue weighted by Crippen LogP contribution is 1.94. The molecule has 0 spiro atoms. The molecule has 0 heterocycles. The summed E-state index contributed by atoms with van der Waals surface area (Å²) in [6, 6.07) is 0. The molecule has 0 aliphatic rings. The van der Waals surface area contributed by atoms with Crippen molar-refractivity contribution >= 4 is 5.91 Å². The molecule has 13 heavy (non-hydrogen) atoms. The van der Waals surface area contributed by atoms with Gasteiger partial charge in [0.1, 0.15) is 5.76 Å². The van der Waals surface area contributed by atoms with Gasteiger partial charge in [0.05, 0.1) is 5.70 Å². The van der Waals surface area contributed by atoms with Crippen molar-refractivity contribution in [1.82, 2.24) is 0 Å². The molecule has 0 aliphatic carbocycles. The molecule has 0 radical (unpaired) electrons. The van der Waals surface area contributed by atoms with Crippen LogP contribution < -0.4 is 11.5 Å². The molecule has 0 fully saturated rings. The predicted molar refractivity (Wildman–Crippen MR) is 53.7 cm³/mol. The lowest BCUT2D eigenvalue weighted by Crippen LogP contribution is -2.01. The van der Waals surface area contributed by atoms with E-state index in [2.05, 4.69) is 12.3 Å². The maximum Gasteiger partial charge on any atom is 0.214 e. The lowest BCUT2D eigenvalue weighted by Gasteiger charge is -1.92. The highest BCUT2D eigenvalue weighted by molar-refractivity contribution is 5.70. The van der Waals surface area contributed by atoms with Crippen LogP contribution in [0.25, 0.3) is 0 Å². The van der Waals surface area contributed by atoms with Gasteiger partial charge in [-0.15, -0.1) is 0 Å². The molecule has 5 N–H and O–H groups in total. The number of primary amides is 1. The molecule has 0 bridgehead atoms. The van der Waals surface area contributed by atoms with Gasteiger partial charge in [0.25, 0.3) is 0 Å². The summed E-state index contributed by atoms with van der Waals surface area (Å²) in [5.74, 6) is -0.423. The van der Waals surface area contributed by atoms with Gasteiger partial charge in [-0.05, 0) is 13.0 Å². The number of amides is 1. The van der Waals surface area contributed by atoms with Crippen LogP contribution in [0.15, 0.2) is 36.3 Å². The molecule has 0 aromatic rings. The molecule has 4 heteroatoms. The lowest BCUT2D eigenvalue weighted by atomic mass is 10.3. The number of carbonyl (C=O) groups excluding carboxylic acids is 1. The van der Waals surface area contributed by atoms with Crippen LogP contribution in [0, 0.1) is 0 Å². The Hall–Kier alpha value is -1.71. The molecule has 0 rings (SSSR count). The van der Waals surface area contributed by atoms with E-state index < -0.39 is 0 Å². The van der Waals surface area contributed by atoms with Crippen molar-refractivity contribution in [3.63, 3.8) is 0 Å². The van der Waals surface area contributed by atoms with Crippen molar-refractivity contribution < 1.29 is 9.90 Å². The van der Waals surface area contributed by atoms with Crippen LogP contribution in [0.5, 0.6) is 0 Å². The lowest BCUT2D eigenvalue weighted by molar-refractivity contribution is -0.115. The van der Waals surface area contributed by atoms with Crippen LogP contribution in [0.3, 0.4) is 0 Å². The van der Waals surface area contributed by atoms with E-state index in [4.69, 9.17) is 10.8 Å². The van der Waals surface area contributed by atoms with Crippen molar-refractivity contribution in [3.05, 3.63) is 36.3 Å². The van der Waals surface area contributed by atoms with E-state index in [0.29, 0.717) is 5.70 Å². The van der Waals surface area contributed by atoms with Crippen molar-refractivity contribution in [2.45, 2.75) is 13.8 Å². The van der Waals surface area contributed by atoms with Crippen molar-refractivity contribution in [2.24, 2.45) is 11.5 Å². The number of aliphatic hydroxyl groups is 1. The molecule has 1 amide bonds. The smallest absolute Gasteiger partial charge is 0.214 e. The van der Waals surface area contributed by atoms with Gasteiger partial charge in [0.15, 0.2) is 0 Å².